The van der Waals surface area contributed by atoms with Gasteiger partial charge in [0, 0.05) is 12.6 Å². The number of carbonyl (C=O) groups excluding carboxylic acids is 2. The normalized spacial score (nSPS) is 17.6. The maximum absolute atomic E-state index is 12.8. The van der Waals surface area contributed by atoms with Gasteiger partial charge in [-0.05, 0) is 36.8 Å². The van der Waals surface area contributed by atoms with Crippen LogP contribution in [0.5, 0.6) is 0 Å². The quantitative estimate of drug-likeness (QED) is 0.680. The molecule has 1 aromatic rings. The third-order valence-corrected chi connectivity index (χ3v) is 5.48. The van der Waals surface area contributed by atoms with Crippen LogP contribution in [-0.2, 0) is 4.79 Å². The summed E-state index contributed by atoms with van der Waals surface area (Å²) in [6, 6.07) is 6.16. The van der Waals surface area contributed by atoms with Crippen LogP contribution in [0.25, 0.3) is 0 Å². The Kier molecular flexibility index (Phi) is 7.91. The molecule has 2 unspecified atom stereocenters. The van der Waals surface area contributed by atoms with Gasteiger partial charge in [0.05, 0.1) is 10.6 Å². The summed E-state index contributed by atoms with van der Waals surface area (Å²) in [5.74, 6) is -0.149. The number of halogens is 1. The first-order valence-corrected chi connectivity index (χ1v) is 9.87. The average molecular weight is 380 g/mol. The molecule has 1 fully saturated rings. The largest absolute Gasteiger partial charge is 0.350 e. The summed E-state index contributed by atoms with van der Waals surface area (Å²) >= 11 is 6.09. The summed E-state index contributed by atoms with van der Waals surface area (Å²) in [5.41, 5.74) is 6.29. The van der Waals surface area contributed by atoms with Gasteiger partial charge in [-0.2, -0.15) is 0 Å². The Labute approximate surface area is 161 Å². The first-order valence-electron chi connectivity index (χ1n) is 9.49. The Hall–Kier alpha value is -1.59. The number of carbonyl (C=O) groups is 2. The minimum absolute atomic E-state index is 0.0405. The van der Waals surface area contributed by atoms with E-state index in [1.54, 1.807) is 24.3 Å². The minimum atomic E-state index is -0.628. The van der Waals surface area contributed by atoms with Crippen LogP contribution in [0.2, 0.25) is 5.02 Å². The van der Waals surface area contributed by atoms with E-state index < -0.39 is 6.04 Å². The topological polar surface area (TPSA) is 84.2 Å². The molecule has 0 radical (unpaired) electrons. The molecule has 2 amide bonds. The Morgan fingerprint density at radius 3 is 2.38 bits per heavy atom. The highest BCUT2D eigenvalue weighted by atomic mass is 35.5. The lowest BCUT2D eigenvalue weighted by Gasteiger charge is -2.32. The summed E-state index contributed by atoms with van der Waals surface area (Å²) in [6.45, 7) is 4.24. The predicted molar refractivity (Wildman–Crippen MR) is 105 cm³/mol. The van der Waals surface area contributed by atoms with Crippen molar-refractivity contribution in [3.05, 3.63) is 34.9 Å². The number of hydrogen-bond donors (Lipinski definition) is 3. The molecular formula is C20H30ClN3O2. The van der Waals surface area contributed by atoms with E-state index in [4.69, 9.17) is 17.3 Å². The van der Waals surface area contributed by atoms with Gasteiger partial charge in [0.2, 0.25) is 5.91 Å². The number of rotatable bonds is 7. The summed E-state index contributed by atoms with van der Waals surface area (Å²) in [5, 5.41) is 6.28. The lowest BCUT2D eigenvalue weighted by molar-refractivity contribution is -0.125. The minimum Gasteiger partial charge on any atom is -0.350 e. The molecule has 0 aromatic heterocycles. The molecule has 0 spiro atoms. The number of amides is 2. The molecule has 2 rings (SSSR count). The number of hydrogen-bond acceptors (Lipinski definition) is 3. The molecule has 1 saturated carbocycles. The second-order valence-corrected chi connectivity index (χ2v) is 7.83. The summed E-state index contributed by atoms with van der Waals surface area (Å²) in [4.78, 5) is 25.4. The van der Waals surface area contributed by atoms with Crippen molar-refractivity contribution in [2.24, 2.45) is 17.6 Å². The van der Waals surface area contributed by atoms with Crippen LogP contribution >= 0.6 is 11.6 Å². The zero-order valence-corrected chi connectivity index (χ0v) is 16.4. The molecule has 6 heteroatoms. The van der Waals surface area contributed by atoms with Gasteiger partial charge in [0.1, 0.15) is 6.04 Å². The van der Waals surface area contributed by atoms with E-state index in [0.29, 0.717) is 23.0 Å². The van der Waals surface area contributed by atoms with E-state index in [9.17, 15) is 9.59 Å². The van der Waals surface area contributed by atoms with E-state index in [-0.39, 0.29) is 23.8 Å². The van der Waals surface area contributed by atoms with Crippen molar-refractivity contribution in [3.8, 4) is 0 Å². The molecule has 1 aliphatic rings. The first kappa shape index (κ1) is 20.7. The van der Waals surface area contributed by atoms with Crippen molar-refractivity contribution in [1.29, 1.82) is 0 Å². The summed E-state index contributed by atoms with van der Waals surface area (Å²) in [6.07, 6.45) is 5.83. The zero-order chi connectivity index (χ0) is 19.1. The molecule has 0 saturated heterocycles. The lowest BCUT2D eigenvalue weighted by atomic mass is 9.83. The SMILES string of the molecule is CC(C)C(NC(=O)c1ccccc1Cl)C(=O)NC(CN)C1CCCCC1. The molecule has 5 nitrogen and oxygen atoms in total. The molecule has 0 heterocycles. The van der Waals surface area contributed by atoms with Crippen molar-refractivity contribution in [2.45, 2.75) is 58.0 Å². The molecule has 1 aliphatic carbocycles. The molecule has 4 N–H and O–H groups in total. The molecule has 0 aliphatic heterocycles. The van der Waals surface area contributed by atoms with Crippen molar-refractivity contribution in [3.63, 3.8) is 0 Å². The number of benzene rings is 1. The molecule has 1 aromatic carbocycles. The van der Waals surface area contributed by atoms with Gasteiger partial charge in [-0.15, -0.1) is 0 Å². The van der Waals surface area contributed by atoms with Crippen LogP contribution in [0, 0.1) is 11.8 Å². The second kappa shape index (κ2) is 9.93. The van der Waals surface area contributed by atoms with Gasteiger partial charge in [-0.3, -0.25) is 9.59 Å². The van der Waals surface area contributed by atoms with Crippen molar-refractivity contribution >= 4 is 23.4 Å². The number of nitrogens with one attached hydrogen (secondary N) is 2. The maximum atomic E-state index is 12.8. The highest BCUT2D eigenvalue weighted by molar-refractivity contribution is 6.33. The standard InChI is InChI=1S/C20H30ClN3O2/c1-13(2)18(24-19(25)15-10-6-7-11-16(15)21)20(26)23-17(12-22)14-8-4-3-5-9-14/h6-7,10-11,13-14,17-18H,3-5,8-9,12,22H2,1-2H3,(H,23,26)(H,24,25). The van der Waals surface area contributed by atoms with E-state index in [1.165, 1.54) is 19.3 Å². The predicted octanol–water partition coefficient (Wildman–Crippen LogP) is 3.12. The Bertz CT molecular complexity index is 615. The van der Waals surface area contributed by atoms with Crippen LogP contribution in [0.15, 0.2) is 24.3 Å². The summed E-state index contributed by atoms with van der Waals surface area (Å²) in [7, 11) is 0. The van der Waals surface area contributed by atoms with Crippen LogP contribution in [0.3, 0.4) is 0 Å². The van der Waals surface area contributed by atoms with Crippen LogP contribution in [0.4, 0.5) is 0 Å². The molecule has 144 valence electrons. The Balaban J connectivity index is 2.04. The highest BCUT2D eigenvalue weighted by Crippen LogP contribution is 2.26. The van der Waals surface area contributed by atoms with Crippen LogP contribution in [0.1, 0.15) is 56.3 Å². The Morgan fingerprint density at radius 1 is 1.15 bits per heavy atom. The molecule has 0 bridgehead atoms. The van der Waals surface area contributed by atoms with Gasteiger partial charge in [-0.1, -0.05) is 56.8 Å². The maximum Gasteiger partial charge on any atom is 0.253 e. The number of nitrogens with two attached hydrogens (primary N) is 1. The van der Waals surface area contributed by atoms with Gasteiger partial charge >= 0.3 is 0 Å². The van der Waals surface area contributed by atoms with E-state index >= 15 is 0 Å². The fourth-order valence-electron chi connectivity index (χ4n) is 3.58. The Morgan fingerprint density at radius 2 is 1.81 bits per heavy atom. The highest BCUT2D eigenvalue weighted by Gasteiger charge is 2.30. The molecular weight excluding hydrogens is 350 g/mol. The van der Waals surface area contributed by atoms with Crippen LogP contribution in [-0.4, -0.2) is 30.4 Å². The molecule has 26 heavy (non-hydrogen) atoms. The second-order valence-electron chi connectivity index (χ2n) is 7.42. The molecule has 2 atom stereocenters. The van der Waals surface area contributed by atoms with Gasteiger partial charge in [0.25, 0.3) is 5.91 Å². The third kappa shape index (κ3) is 5.45. The summed E-state index contributed by atoms with van der Waals surface area (Å²) < 4.78 is 0. The monoisotopic (exact) mass is 379 g/mol. The van der Waals surface area contributed by atoms with E-state index in [1.807, 2.05) is 13.8 Å². The lowest BCUT2D eigenvalue weighted by Crippen LogP contribution is -2.55. The van der Waals surface area contributed by atoms with E-state index in [0.717, 1.165) is 12.8 Å². The first-order chi connectivity index (χ1) is 12.4. The van der Waals surface area contributed by atoms with Gasteiger partial charge in [0.15, 0.2) is 0 Å². The van der Waals surface area contributed by atoms with Crippen molar-refractivity contribution in [1.82, 2.24) is 10.6 Å². The zero-order valence-electron chi connectivity index (χ0n) is 15.6. The fraction of sp³-hybridized carbons (Fsp3) is 0.600. The van der Waals surface area contributed by atoms with Crippen molar-refractivity contribution < 1.29 is 9.59 Å². The third-order valence-electron chi connectivity index (χ3n) is 5.15. The van der Waals surface area contributed by atoms with Gasteiger partial charge in [-0.25, -0.2) is 0 Å². The van der Waals surface area contributed by atoms with Gasteiger partial charge < -0.3 is 16.4 Å². The van der Waals surface area contributed by atoms with Crippen LogP contribution < -0.4 is 16.4 Å². The average Bonchev–Trinajstić information content (AvgIpc) is 2.64. The van der Waals surface area contributed by atoms with E-state index in [2.05, 4.69) is 10.6 Å². The van der Waals surface area contributed by atoms with Crippen molar-refractivity contribution in [2.75, 3.05) is 6.54 Å². The fourth-order valence-corrected chi connectivity index (χ4v) is 3.80. The smallest absolute Gasteiger partial charge is 0.253 e.